The van der Waals surface area contributed by atoms with Crippen molar-refractivity contribution in [2.24, 2.45) is 7.05 Å². The molecule has 0 aliphatic rings. The number of hydrogen-bond donors (Lipinski definition) is 1. The highest BCUT2D eigenvalue weighted by molar-refractivity contribution is 5.83. The van der Waals surface area contributed by atoms with E-state index in [4.69, 9.17) is 0 Å². The lowest BCUT2D eigenvalue weighted by atomic mass is 10.0. The Morgan fingerprint density at radius 3 is 2.64 bits per heavy atom. The topological polar surface area (TPSA) is 37.3 Å². The van der Waals surface area contributed by atoms with Crippen LogP contribution in [0.15, 0.2) is 42.6 Å². The number of nitrogens with one attached hydrogen (secondary N) is 1. The molecular formula is C18H25N3O. The first-order chi connectivity index (χ1) is 10.5. The van der Waals surface area contributed by atoms with Crippen molar-refractivity contribution in [3.05, 3.63) is 59.4 Å². The Bertz CT molecular complexity index is 631. The molecule has 1 atom stereocenters. The number of aromatic nitrogens is 1. The molecule has 1 N–H and O–H groups in total. The molecule has 0 saturated carbocycles. The predicted octanol–water partition coefficient (Wildman–Crippen LogP) is 2.30. The van der Waals surface area contributed by atoms with E-state index in [1.807, 2.05) is 63.4 Å². The summed E-state index contributed by atoms with van der Waals surface area (Å²) in [6.07, 6.45) is 2.86. The molecule has 4 nitrogen and oxygen atoms in total. The highest BCUT2D eigenvalue weighted by atomic mass is 16.2. The summed E-state index contributed by atoms with van der Waals surface area (Å²) in [5.74, 6) is 0.0461. The van der Waals surface area contributed by atoms with E-state index >= 15 is 0 Å². The summed E-state index contributed by atoms with van der Waals surface area (Å²) in [5, 5.41) is 3.05. The third-order valence-electron chi connectivity index (χ3n) is 3.85. The molecule has 0 bridgehead atoms. The summed E-state index contributed by atoms with van der Waals surface area (Å²) < 4.78 is 2.08. The van der Waals surface area contributed by atoms with Crippen LogP contribution < -0.4 is 5.32 Å². The lowest BCUT2D eigenvalue weighted by molar-refractivity contribution is -0.125. The molecule has 1 unspecified atom stereocenters. The lowest BCUT2D eigenvalue weighted by Gasteiger charge is -2.24. The molecule has 0 radical (unpaired) electrons. The molecule has 0 spiro atoms. The molecule has 0 aliphatic heterocycles. The minimum Gasteiger partial charge on any atom is -0.354 e. The molecule has 1 aromatic carbocycles. The summed E-state index contributed by atoms with van der Waals surface area (Å²) in [6.45, 7) is 2.69. The van der Waals surface area contributed by atoms with Crippen molar-refractivity contribution >= 4 is 5.91 Å². The van der Waals surface area contributed by atoms with Gasteiger partial charge < -0.3 is 9.88 Å². The van der Waals surface area contributed by atoms with Crippen LogP contribution in [0.3, 0.4) is 0 Å². The third-order valence-corrected chi connectivity index (χ3v) is 3.85. The molecule has 2 rings (SSSR count). The number of likely N-dealkylation sites (N-methyl/N-ethyl adjacent to an activating group) is 1. The molecule has 22 heavy (non-hydrogen) atoms. The predicted molar refractivity (Wildman–Crippen MR) is 89.7 cm³/mol. The van der Waals surface area contributed by atoms with Gasteiger partial charge in [-0.05, 0) is 38.7 Å². The SMILES string of the molecule is Cc1cccc(C(C(=O)NCCc2cccn2C)N(C)C)c1. The number of nitrogens with zero attached hydrogens (tertiary/aromatic N) is 2. The molecule has 0 aliphatic carbocycles. The fourth-order valence-corrected chi connectivity index (χ4v) is 2.69. The van der Waals surface area contributed by atoms with Gasteiger partial charge in [-0.2, -0.15) is 0 Å². The third kappa shape index (κ3) is 3.98. The van der Waals surface area contributed by atoms with Crippen molar-refractivity contribution in [3.63, 3.8) is 0 Å². The summed E-state index contributed by atoms with van der Waals surface area (Å²) in [4.78, 5) is 14.5. The van der Waals surface area contributed by atoms with E-state index in [0.29, 0.717) is 6.54 Å². The van der Waals surface area contributed by atoms with E-state index in [9.17, 15) is 4.79 Å². The summed E-state index contributed by atoms with van der Waals surface area (Å²) in [7, 11) is 5.89. The molecule has 4 heteroatoms. The van der Waals surface area contributed by atoms with Gasteiger partial charge in [-0.1, -0.05) is 29.8 Å². The number of aryl methyl sites for hydroxylation is 2. The first kappa shape index (κ1) is 16.3. The van der Waals surface area contributed by atoms with E-state index in [-0.39, 0.29) is 11.9 Å². The number of amides is 1. The maximum atomic E-state index is 12.6. The molecule has 1 heterocycles. The van der Waals surface area contributed by atoms with Crippen LogP contribution in [-0.4, -0.2) is 36.0 Å². The fourth-order valence-electron chi connectivity index (χ4n) is 2.69. The van der Waals surface area contributed by atoms with Crippen molar-refractivity contribution in [2.45, 2.75) is 19.4 Å². The molecule has 0 fully saturated rings. The normalized spacial score (nSPS) is 12.4. The van der Waals surface area contributed by atoms with Crippen molar-refractivity contribution in [1.29, 1.82) is 0 Å². The molecule has 1 amide bonds. The van der Waals surface area contributed by atoms with Crippen LogP contribution in [0, 0.1) is 6.92 Å². The average molecular weight is 299 g/mol. The Balaban J connectivity index is 2.00. The average Bonchev–Trinajstić information content (AvgIpc) is 2.84. The summed E-state index contributed by atoms with van der Waals surface area (Å²) in [6, 6.07) is 12.0. The Morgan fingerprint density at radius 2 is 2.05 bits per heavy atom. The van der Waals surface area contributed by atoms with E-state index < -0.39 is 0 Å². The maximum absolute atomic E-state index is 12.6. The molecule has 2 aromatic rings. The van der Waals surface area contributed by atoms with E-state index in [2.05, 4.69) is 22.0 Å². The molecular weight excluding hydrogens is 274 g/mol. The van der Waals surface area contributed by atoms with Crippen LogP contribution >= 0.6 is 0 Å². The zero-order valence-electron chi connectivity index (χ0n) is 13.8. The standard InChI is InChI=1S/C18H25N3O/c1-14-7-5-8-15(13-14)17(20(2)3)18(22)19-11-10-16-9-6-12-21(16)4/h5-9,12-13,17H,10-11H2,1-4H3,(H,19,22). The van der Waals surface area contributed by atoms with Crippen molar-refractivity contribution < 1.29 is 4.79 Å². The summed E-state index contributed by atoms with van der Waals surface area (Å²) >= 11 is 0. The van der Waals surface area contributed by atoms with Gasteiger partial charge in [0.1, 0.15) is 6.04 Å². The maximum Gasteiger partial charge on any atom is 0.241 e. The Morgan fingerprint density at radius 1 is 1.27 bits per heavy atom. The first-order valence-electron chi connectivity index (χ1n) is 7.60. The number of rotatable bonds is 6. The van der Waals surface area contributed by atoms with Gasteiger partial charge in [-0.25, -0.2) is 0 Å². The smallest absolute Gasteiger partial charge is 0.241 e. The second kappa shape index (κ2) is 7.27. The molecule has 1 aromatic heterocycles. The molecule has 118 valence electrons. The van der Waals surface area contributed by atoms with Crippen LogP contribution in [0.4, 0.5) is 0 Å². The first-order valence-corrected chi connectivity index (χ1v) is 7.60. The lowest BCUT2D eigenvalue weighted by Crippen LogP contribution is -2.38. The number of benzene rings is 1. The minimum absolute atomic E-state index is 0.0461. The minimum atomic E-state index is -0.256. The number of hydrogen-bond acceptors (Lipinski definition) is 2. The van der Waals surface area contributed by atoms with Gasteiger partial charge in [0.2, 0.25) is 5.91 Å². The van der Waals surface area contributed by atoms with Gasteiger partial charge in [-0.15, -0.1) is 0 Å². The highest BCUT2D eigenvalue weighted by Gasteiger charge is 2.22. The zero-order valence-corrected chi connectivity index (χ0v) is 13.8. The summed E-state index contributed by atoms with van der Waals surface area (Å²) in [5.41, 5.74) is 3.42. The van der Waals surface area contributed by atoms with Crippen molar-refractivity contribution in [1.82, 2.24) is 14.8 Å². The van der Waals surface area contributed by atoms with Gasteiger partial charge in [-0.3, -0.25) is 9.69 Å². The highest BCUT2D eigenvalue weighted by Crippen LogP contribution is 2.19. The van der Waals surface area contributed by atoms with Gasteiger partial charge >= 0.3 is 0 Å². The van der Waals surface area contributed by atoms with E-state index in [1.165, 1.54) is 11.3 Å². The van der Waals surface area contributed by atoms with Gasteiger partial charge in [0, 0.05) is 31.9 Å². The van der Waals surface area contributed by atoms with Gasteiger partial charge in [0.05, 0.1) is 0 Å². The second-order valence-corrected chi connectivity index (χ2v) is 5.93. The van der Waals surface area contributed by atoms with Crippen LogP contribution in [0.1, 0.15) is 22.9 Å². The Labute approximate surface area is 132 Å². The molecule has 0 saturated heterocycles. The number of carbonyl (C=O) groups is 1. The van der Waals surface area contributed by atoms with Gasteiger partial charge in [0.15, 0.2) is 0 Å². The van der Waals surface area contributed by atoms with Gasteiger partial charge in [0.25, 0.3) is 0 Å². The number of carbonyl (C=O) groups excluding carboxylic acids is 1. The van der Waals surface area contributed by atoms with Crippen LogP contribution in [0.25, 0.3) is 0 Å². The Hall–Kier alpha value is -2.07. The van der Waals surface area contributed by atoms with E-state index in [0.717, 1.165) is 12.0 Å². The van der Waals surface area contributed by atoms with E-state index in [1.54, 1.807) is 0 Å². The quantitative estimate of drug-likeness (QED) is 0.888. The van der Waals surface area contributed by atoms with Crippen LogP contribution in [0.2, 0.25) is 0 Å². The monoisotopic (exact) mass is 299 g/mol. The second-order valence-electron chi connectivity index (χ2n) is 5.93. The van der Waals surface area contributed by atoms with Crippen molar-refractivity contribution in [3.8, 4) is 0 Å². The zero-order chi connectivity index (χ0) is 16.1. The largest absolute Gasteiger partial charge is 0.354 e. The van der Waals surface area contributed by atoms with Crippen LogP contribution in [-0.2, 0) is 18.3 Å². The van der Waals surface area contributed by atoms with Crippen LogP contribution in [0.5, 0.6) is 0 Å². The fraction of sp³-hybridized carbons (Fsp3) is 0.389. The Kier molecular flexibility index (Phi) is 5.39. The van der Waals surface area contributed by atoms with Crippen molar-refractivity contribution in [2.75, 3.05) is 20.6 Å².